The second-order valence-electron chi connectivity index (χ2n) is 5.56. The van der Waals surface area contributed by atoms with Crippen molar-refractivity contribution in [3.8, 4) is 0 Å². The molecule has 0 aromatic heterocycles. The van der Waals surface area contributed by atoms with Gasteiger partial charge in [0, 0.05) is 0 Å². The first-order valence-corrected chi connectivity index (χ1v) is 8.05. The molecule has 0 unspecified atom stereocenters. The minimum Gasteiger partial charge on any atom is -0.394 e. The SMILES string of the molecule is CCCCCC/C=C/CCO[C@@H]1[C@@H](O)[C@H](O)CO[C@H]1CO. The van der Waals surface area contributed by atoms with Gasteiger partial charge in [0.1, 0.15) is 24.4 Å². The molecule has 1 heterocycles. The van der Waals surface area contributed by atoms with Gasteiger partial charge < -0.3 is 24.8 Å². The van der Waals surface area contributed by atoms with Crippen LogP contribution in [0.15, 0.2) is 12.2 Å². The van der Waals surface area contributed by atoms with Crippen molar-refractivity contribution < 1.29 is 24.8 Å². The average Bonchev–Trinajstić information content (AvgIpc) is 2.49. The highest BCUT2D eigenvalue weighted by Gasteiger charge is 2.39. The summed E-state index contributed by atoms with van der Waals surface area (Å²) in [6.45, 7) is 2.46. The van der Waals surface area contributed by atoms with Gasteiger partial charge in [-0.15, -0.1) is 0 Å². The van der Waals surface area contributed by atoms with Crippen LogP contribution in [0.2, 0.25) is 0 Å². The van der Waals surface area contributed by atoms with Crippen molar-refractivity contribution in [2.75, 3.05) is 19.8 Å². The van der Waals surface area contributed by atoms with E-state index in [4.69, 9.17) is 9.47 Å². The standard InChI is InChI=1S/C16H30O5/c1-2-3-4-5-6-7-8-9-10-20-16-14(11-17)21-12-13(18)15(16)19/h7-8,13-19H,2-6,9-12H2,1H3/b8-7+/t13-,14+,15+,16+/m1/s1. The third-order valence-electron chi connectivity index (χ3n) is 3.74. The molecule has 1 rings (SSSR count). The fourth-order valence-corrected chi connectivity index (χ4v) is 2.41. The zero-order chi connectivity index (χ0) is 15.5. The van der Waals surface area contributed by atoms with E-state index in [0.29, 0.717) is 6.61 Å². The van der Waals surface area contributed by atoms with Crippen molar-refractivity contribution in [2.45, 2.75) is 69.9 Å². The molecule has 1 fully saturated rings. The summed E-state index contributed by atoms with van der Waals surface area (Å²) in [5.41, 5.74) is 0. The maximum Gasteiger partial charge on any atom is 0.114 e. The van der Waals surface area contributed by atoms with Crippen molar-refractivity contribution in [3.63, 3.8) is 0 Å². The highest BCUT2D eigenvalue weighted by molar-refractivity contribution is 4.88. The second kappa shape index (κ2) is 11.2. The van der Waals surface area contributed by atoms with E-state index in [2.05, 4.69) is 19.1 Å². The third-order valence-corrected chi connectivity index (χ3v) is 3.74. The van der Waals surface area contributed by atoms with Gasteiger partial charge in [-0.05, 0) is 19.3 Å². The molecule has 0 amide bonds. The molecule has 1 saturated heterocycles. The summed E-state index contributed by atoms with van der Waals surface area (Å²) in [4.78, 5) is 0. The summed E-state index contributed by atoms with van der Waals surface area (Å²) in [6.07, 6.45) is 7.93. The largest absolute Gasteiger partial charge is 0.394 e. The number of aliphatic hydroxyl groups is 3. The van der Waals surface area contributed by atoms with Crippen LogP contribution in [0, 0.1) is 0 Å². The Bertz CT molecular complexity index is 280. The van der Waals surface area contributed by atoms with Crippen LogP contribution < -0.4 is 0 Å². The zero-order valence-corrected chi connectivity index (χ0v) is 13.0. The normalized spacial score (nSPS) is 30.1. The summed E-state index contributed by atoms with van der Waals surface area (Å²) in [5, 5.41) is 28.6. The molecule has 0 aromatic rings. The quantitative estimate of drug-likeness (QED) is 0.420. The Morgan fingerprint density at radius 1 is 1.14 bits per heavy atom. The summed E-state index contributed by atoms with van der Waals surface area (Å²) in [5.74, 6) is 0. The topological polar surface area (TPSA) is 79.2 Å². The highest BCUT2D eigenvalue weighted by Crippen LogP contribution is 2.18. The molecule has 3 N–H and O–H groups in total. The number of hydrogen-bond acceptors (Lipinski definition) is 5. The van der Waals surface area contributed by atoms with Crippen LogP contribution in [0.5, 0.6) is 0 Å². The Hall–Kier alpha value is -0.460. The van der Waals surface area contributed by atoms with E-state index in [9.17, 15) is 15.3 Å². The van der Waals surface area contributed by atoms with Crippen LogP contribution in [0.1, 0.15) is 45.4 Å². The van der Waals surface area contributed by atoms with E-state index >= 15 is 0 Å². The van der Waals surface area contributed by atoms with E-state index < -0.39 is 24.4 Å². The lowest BCUT2D eigenvalue weighted by Crippen LogP contribution is -2.55. The third kappa shape index (κ3) is 6.89. The molecule has 124 valence electrons. The van der Waals surface area contributed by atoms with Crippen molar-refractivity contribution in [3.05, 3.63) is 12.2 Å². The Balaban J connectivity index is 2.16. The molecule has 0 aliphatic carbocycles. The summed E-state index contributed by atoms with van der Waals surface area (Å²) in [7, 11) is 0. The average molecular weight is 302 g/mol. The molecular formula is C16H30O5. The minimum atomic E-state index is -1.01. The van der Waals surface area contributed by atoms with Crippen LogP contribution in [0.4, 0.5) is 0 Å². The van der Waals surface area contributed by atoms with Gasteiger partial charge in [0.2, 0.25) is 0 Å². The fourth-order valence-electron chi connectivity index (χ4n) is 2.41. The predicted octanol–water partition coefficient (Wildman–Crippen LogP) is 1.40. The van der Waals surface area contributed by atoms with Gasteiger partial charge in [-0.2, -0.15) is 0 Å². The Morgan fingerprint density at radius 3 is 2.62 bits per heavy atom. The first kappa shape index (κ1) is 18.6. The van der Waals surface area contributed by atoms with E-state index in [-0.39, 0.29) is 13.2 Å². The molecule has 5 heteroatoms. The highest BCUT2D eigenvalue weighted by atomic mass is 16.6. The summed E-state index contributed by atoms with van der Waals surface area (Å²) in [6, 6.07) is 0. The molecule has 0 bridgehead atoms. The number of allylic oxidation sites excluding steroid dienone is 1. The Labute approximate surface area is 127 Å². The van der Waals surface area contributed by atoms with Crippen molar-refractivity contribution in [2.24, 2.45) is 0 Å². The summed E-state index contributed by atoms with van der Waals surface area (Å²) >= 11 is 0. The van der Waals surface area contributed by atoms with Crippen LogP contribution in [-0.2, 0) is 9.47 Å². The Kier molecular flexibility index (Phi) is 9.87. The molecule has 4 atom stereocenters. The first-order chi connectivity index (χ1) is 10.2. The van der Waals surface area contributed by atoms with Gasteiger partial charge in [-0.3, -0.25) is 0 Å². The monoisotopic (exact) mass is 302 g/mol. The first-order valence-electron chi connectivity index (χ1n) is 8.05. The molecule has 21 heavy (non-hydrogen) atoms. The number of rotatable bonds is 10. The number of unbranched alkanes of at least 4 members (excludes halogenated alkanes) is 4. The van der Waals surface area contributed by atoms with Gasteiger partial charge in [0.25, 0.3) is 0 Å². The molecule has 5 nitrogen and oxygen atoms in total. The van der Waals surface area contributed by atoms with Gasteiger partial charge >= 0.3 is 0 Å². The predicted molar refractivity (Wildman–Crippen MR) is 81.1 cm³/mol. The van der Waals surface area contributed by atoms with E-state index in [1.165, 1.54) is 25.7 Å². The van der Waals surface area contributed by atoms with Crippen molar-refractivity contribution in [1.29, 1.82) is 0 Å². The van der Waals surface area contributed by atoms with Crippen LogP contribution in [-0.4, -0.2) is 59.6 Å². The van der Waals surface area contributed by atoms with Gasteiger partial charge in [-0.1, -0.05) is 38.3 Å². The molecule has 0 spiro atoms. The lowest BCUT2D eigenvalue weighted by molar-refractivity contribution is -0.211. The van der Waals surface area contributed by atoms with Crippen LogP contribution in [0.3, 0.4) is 0 Å². The maximum atomic E-state index is 9.88. The molecular weight excluding hydrogens is 272 g/mol. The minimum absolute atomic E-state index is 0.0317. The van der Waals surface area contributed by atoms with Gasteiger partial charge in [-0.25, -0.2) is 0 Å². The van der Waals surface area contributed by atoms with E-state index in [0.717, 1.165) is 12.8 Å². The van der Waals surface area contributed by atoms with Crippen molar-refractivity contribution >= 4 is 0 Å². The number of aliphatic hydroxyl groups excluding tert-OH is 3. The van der Waals surface area contributed by atoms with Crippen molar-refractivity contribution in [1.82, 2.24) is 0 Å². The lowest BCUT2D eigenvalue weighted by Gasteiger charge is -2.37. The zero-order valence-electron chi connectivity index (χ0n) is 13.0. The molecule has 0 radical (unpaired) electrons. The van der Waals surface area contributed by atoms with Crippen LogP contribution >= 0.6 is 0 Å². The van der Waals surface area contributed by atoms with Crippen LogP contribution in [0.25, 0.3) is 0 Å². The number of hydrogen-bond donors (Lipinski definition) is 3. The molecule has 0 saturated carbocycles. The molecule has 0 aromatic carbocycles. The van der Waals surface area contributed by atoms with E-state index in [1.807, 2.05) is 0 Å². The number of ether oxygens (including phenoxy) is 2. The maximum absolute atomic E-state index is 9.88. The fraction of sp³-hybridized carbons (Fsp3) is 0.875. The summed E-state index contributed by atoms with van der Waals surface area (Å²) < 4.78 is 10.8. The molecule has 1 aliphatic rings. The Morgan fingerprint density at radius 2 is 1.90 bits per heavy atom. The van der Waals surface area contributed by atoms with E-state index in [1.54, 1.807) is 0 Å². The lowest BCUT2D eigenvalue weighted by atomic mass is 10.0. The molecule has 1 aliphatic heterocycles. The smallest absolute Gasteiger partial charge is 0.114 e. The van der Waals surface area contributed by atoms with Gasteiger partial charge in [0.15, 0.2) is 0 Å². The second-order valence-corrected chi connectivity index (χ2v) is 5.56. The van der Waals surface area contributed by atoms with Gasteiger partial charge in [0.05, 0.1) is 19.8 Å².